The van der Waals surface area contributed by atoms with E-state index in [1.165, 1.54) is 17.6 Å². The van der Waals surface area contributed by atoms with Crippen molar-refractivity contribution in [3.8, 4) is 6.07 Å². The molecule has 0 aromatic heterocycles. The lowest BCUT2D eigenvalue weighted by Crippen LogP contribution is -2.22. The van der Waals surface area contributed by atoms with Crippen LogP contribution < -0.4 is 5.32 Å². The molecular formula is C10H13N3S. The summed E-state index contributed by atoms with van der Waals surface area (Å²) in [4.78, 5) is 2.25. The first-order valence-electron chi connectivity index (χ1n) is 4.79. The average Bonchev–Trinajstić information content (AvgIpc) is 2.79. The molecule has 3 nitrogen and oxygen atoms in total. The van der Waals surface area contributed by atoms with Crippen molar-refractivity contribution in [1.82, 2.24) is 10.2 Å². The molecule has 2 rings (SSSR count). The average molecular weight is 207 g/mol. The van der Waals surface area contributed by atoms with Crippen LogP contribution in [0.5, 0.6) is 0 Å². The molecule has 0 spiro atoms. The number of thiocarbonyl (C=S) groups is 1. The molecule has 2 atom stereocenters. The van der Waals surface area contributed by atoms with Crippen LogP contribution in [0.3, 0.4) is 0 Å². The zero-order chi connectivity index (χ0) is 10.1. The van der Waals surface area contributed by atoms with Gasteiger partial charge < -0.3 is 10.2 Å². The summed E-state index contributed by atoms with van der Waals surface area (Å²) >= 11 is 4.77. The Morgan fingerprint density at radius 2 is 2.64 bits per heavy atom. The van der Waals surface area contributed by atoms with Crippen molar-refractivity contribution in [2.45, 2.75) is 12.8 Å². The second kappa shape index (κ2) is 3.58. The van der Waals surface area contributed by atoms with Gasteiger partial charge in [-0.3, -0.25) is 0 Å². The maximum Gasteiger partial charge on any atom is 0.0770 e. The Kier molecular flexibility index (Phi) is 2.42. The molecule has 1 saturated heterocycles. The molecule has 2 fully saturated rings. The smallest absolute Gasteiger partial charge is 0.0770 e. The van der Waals surface area contributed by atoms with Gasteiger partial charge in [0.2, 0.25) is 0 Å². The van der Waals surface area contributed by atoms with E-state index < -0.39 is 0 Å². The molecule has 1 heterocycles. The molecule has 1 aliphatic carbocycles. The van der Waals surface area contributed by atoms with E-state index in [-0.39, 0.29) is 0 Å². The largest absolute Gasteiger partial charge is 0.376 e. The minimum Gasteiger partial charge on any atom is -0.376 e. The van der Waals surface area contributed by atoms with Gasteiger partial charge in [0, 0.05) is 30.9 Å². The molecule has 4 heteroatoms. The molecule has 1 saturated carbocycles. The predicted octanol–water partition coefficient (Wildman–Crippen LogP) is 1.24. The number of nitriles is 1. The summed E-state index contributed by atoms with van der Waals surface area (Å²) in [6, 6.07) is 2.18. The fraction of sp³-hybridized carbons (Fsp3) is 0.600. The zero-order valence-electron chi connectivity index (χ0n) is 8.16. The molecule has 0 bridgehead atoms. The Morgan fingerprint density at radius 3 is 3.14 bits per heavy atom. The maximum absolute atomic E-state index is 8.72. The molecule has 0 radical (unpaired) electrons. The summed E-state index contributed by atoms with van der Waals surface area (Å²) in [5.74, 6) is 1.52. The second-order valence-electron chi connectivity index (χ2n) is 3.94. The number of piperidine rings is 1. The first-order valence-corrected chi connectivity index (χ1v) is 5.26. The molecule has 14 heavy (non-hydrogen) atoms. The van der Waals surface area contributed by atoms with Gasteiger partial charge in [-0.25, -0.2) is 0 Å². The number of rotatable bonds is 3. The van der Waals surface area contributed by atoms with Crippen molar-refractivity contribution < 1.29 is 0 Å². The Morgan fingerprint density at radius 1 is 1.86 bits per heavy atom. The highest BCUT2D eigenvalue weighted by atomic mass is 32.1. The van der Waals surface area contributed by atoms with Crippen molar-refractivity contribution in [2.24, 2.45) is 11.8 Å². The fourth-order valence-corrected chi connectivity index (χ4v) is 2.48. The number of nitrogens with zero attached hydrogens (tertiary/aromatic N) is 2. The van der Waals surface area contributed by atoms with Gasteiger partial charge in [-0.15, -0.1) is 0 Å². The molecule has 74 valence electrons. The van der Waals surface area contributed by atoms with Crippen LogP contribution >= 0.6 is 12.2 Å². The van der Waals surface area contributed by atoms with Crippen LogP contribution in [-0.2, 0) is 0 Å². The monoisotopic (exact) mass is 207 g/mol. The minimum atomic E-state index is 0.427. The highest BCUT2D eigenvalue weighted by molar-refractivity contribution is 7.78. The number of hydrogen-bond donors (Lipinski definition) is 1. The van der Waals surface area contributed by atoms with Gasteiger partial charge in [0.15, 0.2) is 0 Å². The van der Waals surface area contributed by atoms with Crippen molar-refractivity contribution in [3.63, 3.8) is 0 Å². The van der Waals surface area contributed by atoms with Crippen molar-refractivity contribution in [1.29, 1.82) is 5.26 Å². The Balaban J connectivity index is 2.24. The van der Waals surface area contributed by atoms with E-state index in [2.05, 4.69) is 23.3 Å². The Hall–Kier alpha value is -1.08. The van der Waals surface area contributed by atoms with E-state index in [1.54, 1.807) is 0 Å². The van der Waals surface area contributed by atoms with Gasteiger partial charge in [0.25, 0.3) is 0 Å². The number of fused-ring (bicyclic) bond motifs is 1. The maximum atomic E-state index is 8.72. The molecule has 0 amide bonds. The fourth-order valence-electron chi connectivity index (χ4n) is 2.34. The van der Waals surface area contributed by atoms with Crippen LogP contribution in [0, 0.1) is 23.2 Å². The van der Waals surface area contributed by atoms with Crippen molar-refractivity contribution in [3.05, 3.63) is 11.4 Å². The lowest BCUT2D eigenvalue weighted by molar-refractivity contribution is 0.430. The topological polar surface area (TPSA) is 39.1 Å². The standard InChI is InChI=1S/C10H13N3S/c1-13-5-7-4-8(7)10(13)9(2-3-11)12-6-14/h6-8H,2,4-5H2,1H3,(H,12,14)/b10-9-. The lowest BCUT2D eigenvalue weighted by Gasteiger charge is -2.20. The summed E-state index contributed by atoms with van der Waals surface area (Å²) in [5.41, 5.74) is 3.79. The van der Waals surface area contributed by atoms with Gasteiger partial charge >= 0.3 is 0 Å². The summed E-state index contributed by atoms with van der Waals surface area (Å²) in [7, 11) is 2.09. The molecule has 0 aromatic carbocycles. The second-order valence-corrected chi connectivity index (χ2v) is 4.18. The number of likely N-dealkylation sites (tertiary alicyclic amines) is 1. The van der Waals surface area contributed by atoms with Crippen molar-refractivity contribution in [2.75, 3.05) is 13.6 Å². The van der Waals surface area contributed by atoms with E-state index in [0.29, 0.717) is 12.3 Å². The molecule has 0 aromatic rings. The van der Waals surface area contributed by atoms with Crippen LogP contribution in [0.2, 0.25) is 0 Å². The number of hydrogen-bond acceptors (Lipinski definition) is 3. The molecule has 2 aliphatic rings. The third-order valence-corrected chi connectivity index (χ3v) is 3.11. The molecule has 2 unspecified atom stereocenters. The lowest BCUT2D eigenvalue weighted by atomic mass is 10.2. The molecule has 1 aliphatic heterocycles. The van der Waals surface area contributed by atoms with E-state index in [0.717, 1.165) is 18.2 Å². The van der Waals surface area contributed by atoms with Gasteiger partial charge in [0.05, 0.1) is 18.0 Å². The SMILES string of the molecule is CN1CC2CC2/C1=C(\CC#N)NC=S. The molecule has 1 N–H and O–H groups in total. The highest BCUT2D eigenvalue weighted by Crippen LogP contribution is 2.52. The van der Waals surface area contributed by atoms with E-state index in [4.69, 9.17) is 17.5 Å². The quantitative estimate of drug-likeness (QED) is 0.707. The van der Waals surface area contributed by atoms with Gasteiger partial charge in [0.1, 0.15) is 0 Å². The highest BCUT2D eigenvalue weighted by Gasteiger charge is 2.48. The number of nitrogens with one attached hydrogen (secondary N) is 1. The first kappa shape index (κ1) is 9.47. The van der Waals surface area contributed by atoms with Gasteiger partial charge in [-0.1, -0.05) is 12.2 Å². The van der Waals surface area contributed by atoms with Crippen LogP contribution in [0.4, 0.5) is 0 Å². The summed E-state index contributed by atoms with van der Waals surface area (Å²) in [5, 5.41) is 11.7. The van der Waals surface area contributed by atoms with E-state index in [1.807, 2.05) is 0 Å². The summed E-state index contributed by atoms with van der Waals surface area (Å²) in [6.45, 7) is 1.13. The zero-order valence-corrected chi connectivity index (χ0v) is 8.97. The summed E-state index contributed by atoms with van der Waals surface area (Å²) < 4.78 is 0. The third-order valence-electron chi connectivity index (χ3n) is 2.99. The predicted molar refractivity (Wildman–Crippen MR) is 58.3 cm³/mol. The van der Waals surface area contributed by atoms with Crippen molar-refractivity contribution >= 4 is 17.7 Å². The van der Waals surface area contributed by atoms with E-state index in [9.17, 15) is 0 Å². The summed E-state index contributed by atoms with van der Waals surface area (Å²) in [6.07, 6.45) is 1.71. The first-order chi connectivity index (χ1) is 6.77. The van der Waals surface area contributed by atoms with Crippen LogP contribution in [0.25, 0.3) is 0 Å². The van der Waals surface area contributed by atoms with E-state index >= 15 is 0 Å². The minimum absolute atomic E-state index is 0.427. The van der Waals surface area contributed by atoms with Crippen LogP contribution in [0.15, 0.2) is 11.4 Å². The van der Waals surface area contributed by atoms with Crippen LogP contribution in [0.1, 0.15) is 12.8 Å². The number of allylic oxidation sites excluding steroid dienone is 2. The normalized spacial score (nSPS) is 31.9. The Labute approximate surface area is 89.4 Å². The van der Waals surface area contributed by atoms with Gasteiger partial charge in [-0.05, 0) is 12.3 Å². The van der Waals surface area contributed by atoms with Crippen LogP contribution in [-0.4, -0.2) is 24.0 Å². The Bertz CT molecular complexity index is 325. The third kappa shape index (κ3) is 1.48. The molecular weight excluding hydrogens is 194 g/mol. The van der Waals surface area contributed by atoms with Gasteiger partial charge in [-0.2, -0.15) is 5.26 Å².